The molecular formula is C47H75AuN4O9. The first-order valence-electron chi connectivity index (χ1n) is 21.1. The molecular weight excluding hydrogens is 962 g/mol. The van der Waals surface area contributed by atoms with E-state index in [-0.39, 0.29) is 78.3 Å². The first kappa shape index (κ1) is 57.7. The third kappa shape index (κ3) is 18.9. The van der Waals surface area contributed by atoms with Crippen LogP contribution in [0.1, 0.15) is 99.5 Å². The van der Waals surface area contributed by atoms with Gasteiger partial charge in [-0.15, -0.1) is 0 Å². The molecule has 1 fully saturated rings. The van der Waals surface area contributed by atoms with Crippen molar-refractivity contribution in [1.82, 2.24) is 20.4 Å². The molecule has 4 amide bonds. The second-order valence-corrected chi connectivity index (χ2v) is 16.7. The maximum Gasteiger partial charge on any atom is 3.00 e. The Morgan fingerprint density at radius 3 is 2.16 bits per heavy atom. The molecule has 3 N–H and O–H groups in total. The van der Waals surface area contributed by atoms with Gasteiger partial charge in [0, 0.05) is 40.3 Å². The van der Waals surface area contributed by atoms with E-state index in [1.165, 1.54) is 11.9 Å². The Labute approximate surface area is 382 Å². The van der Waals surface area contributed by atoms with Crippen LogP contribution in [0.15, 0.2) is 54.6 Å². The van der Waals surface area contributed by atoms with Crippen molar-refractivity contribution in [3.8, 4) is 0 Å². The molecule has 14 heteroatoms. The van der Waals surface area contributed by atoms with Crippen LogP contribution in [0.5, 0.6) is 0 Å². The minimum Gasteiger partial charge on any atom is -0.540 e. The van der Waals surface area contributed by atoms with Crippen molar-refractivity contribution in [3.63, 3.8) is 0 Å². The molecule has 0 spiro atoms. The van der Waals surface area contributed by atoms with Gasteiger partial charge in [0.2, 0.25) is 17.7 Å². The number of likely N-dealkylation sites (tertiary alicyclic amines) is 1. The van der Waals surface area contributed by atoms with Crippen molar-refractivity contribution < 1.29 is 65.7 Å². The Balaban J connectivity index is 0.00000119. The van der Waals surface area contributed by atoms with Gasteiger partial charge in [-0.25, -0.2) is 11.1 Å². The summed E-state index contributed by atoms with van der Waals surface area (Å²) in [5.74, 6) is -0.766. The quantitative estimate of drug-likeness (QED) is 0.0934. The number of amides is 4. The summed E-state index contributed by atoms with van der Waals surface area (Å²) < 4.78 is 16.6. The summed E-state index contributed by atoms with van der Waals surface area (Å²) in [6.45, 7) is 16.1. The standard InChI is InChI=1S/C27H45N2O5.C19H27N2O4.CH3.Au/c1-7-19(2)16-22(33-5)17-24(30)29-15-11-12-23(29)25(34-6)21(4)26(31)28-20(3)18-27(32)13-9-8-10-14-27;1-13(2)16(11-22)20-18(23)17(14(3)4)21(5)19(24)25-12-15-9-7-6-8-10-15;;/h8-10,13,16,19-23,25,32H,7,11-12,14-15,17-18H2,1-6H3,(H,28,31);6-10,13-14,16-17H,12H2,1-5H3,(H,20,23);1H3;/q3*-1;+3/t19-,20+,21+,22-,23-,25+,27-;16-,17+;;/m01../s1. The summed E-state index contributed by atoms with van der Waals surface area (Å²) in [6, 6.07) is 7.52. The van der Waals surface area contributed by atoms with Crippen molar-refractivity contribution in [2.45, 2.75) is 142 Å². The largest absolute Gasteiger partial charge is 3.00 e. The van der Waals surface area contributed by atoms with Crippen molar-refractivity contribution in [3.05, 3.63) is 74.0 Å². The molecule has 348 valence electrons. The van der Waals surface area contributed by atoms with E-state index >= 15 is 0 Å². The number of benzene rings is 1. The van der Waals surface area contributed by atoms with Gasteiger partial charge in [-0.3, -0.25) is 25.7 Å². The molecule has 1 aromatic rings. The molecule has 2 aliphatic rings. The van der Waals surface area contributed by atoms with Crippen molar-refractivity contribution in [1.29, 1.82) is 0 Å². The van der Waals surface area contributed by atoms with Gasteiger partial charge in [-0.1, -0.05) is 128 Å². The molecule has 0 unspecified atom stereocenters. The topological polar surface area (TPSA) is 164 Å². The maximum absolute atomic E-state index is 13.2. The summed E-state index contributed by atoms with van der Waals surface area (Å²) in [4.78, 5) is 65.2. The molecule has 13 nitrogen and oxygen atoms in total. The summed E-state index contributed by atoms with van der Waals surface area (Å²) in [7, 11) is 4.77. The maximum atomic E-state index is 13.2. The number of allylic oxidation sites excluding steroid dienone is 2. The fraction of sp³-hybridized carbons (Fsp3) is 0.638. The van der Waals surface area contributed by atoms with Crippen molar-refractivity contribution >= 4 is 30.1 Å². The zero-order valence-electron chi connectivity index (χ0n) is 38.6. The van der Waals surface area contributed by atoms with Gasteiger partial charge in [0.15, 0.2) is 0 Å². The first-order chi connectivity index (χ1) is 27.9. The molecule has 1 aromatic carbocycles. The van der Waals surface area contributed by atoms with Gasteiger partial charge in [0.1, 0.15) is 12.6 Å². The number of aliphatic hydroxyl groups is 1. The van der Waals surface area contributed by atoms with Crippen LogP contribution in [0.2, 0.25) is 0 Å². The number of nitrogens with zero attached hydrogens (tertiary/aromatic N) is 2. The van der Waals surface area contributed by atoms with Crippen LogP contribution in [-0.4, -0.2) is 115 Å². The van der Waals surface area contributed by atoms with E-state index in [0.717, 1.165) is 24.8 Å². The predicted molar refractivity (Wildman–Crippen MR) is 236 cm³/mol. The zero-order chi connectivity index (χ0) is 44.3. The fourth-order valence-corrected chi connectivity index (χ4v) is 7.50. The average Bonchev–Trinajstić information content (AvgIpc) is 3.69. The number of hydrogen-bond acceptors (Lipinski definition) is 9. The number of nitrogens with one attached hydrogen (secondary N) is 2. The van der Waals surface area contributed by atoms with E-state index in [1.54, 1.807) is 20.3 Å². The number of ether oxygens (including phenoxy) is 3. The molecule has 0 bridgehead atoms. The van der Waals surface area contributed by atoms with E-state index in [0.29, 0.717) is 31.7 Å². The van der Waals surface area contributed by atoms with Gasteiger partial charge in [0.05, 0.1) is 23.7 Å². The number of rotatable bonds is 21. The Morgan fingerprint density at radius 1 is 0.984 bits per heavy atom. The van der Waals surface area contributed by atoms with Crippen LogP contribution in [-0.2, 0) is 62.4 Å². The molecule has 1 heterocycles. The Kier molecular flexibility index (Phi) is 27.5. The fourth-order valence-electron chi connectivity index (χ4n) is 7.50. The third-order valence-electron chi connectivity index (χ3n) is 11.1. The first-order valence-corrected chi connectivity index (χ1v) is 21.1. The molecule has 1 saturated heterocycles. The smallest absolute Gasteiger partial charge is 0.540 e. The van der Waals surface area contributed by atoms with Crippen LogP contribution in [0, 0.1) is 37.5 Å². The van der Waals surface area contributed by atoms with Crippen LogP contribution in [0.3, 0.4) is 0 Å². The monoisotopic (exact) mass is 1040 g/mol. The molecule has 0 aromatic heterocycles. The summed E-state index contributed by atoms with van der Waals surface area (Å²) in [6.07, 6.45) is 14.1. The molecule has 9 atom stereocenters. The number of methoxy groups -OCH3 is 2. The van der Waals surface area contributed by atoms with Gasteiger partial charge in [-0.2, -0.15) is 5.92 Å². The van der Waals surface area contributed by atoms with E-state index in [4.69, 9.17) is 14.2 Å². The molecule has 1 aliphatic heterocycles. The Morgan fingerprint density at radius 2 is 1.64 bits per heavy atom. The van der Waals surface area contributed by atoms with Gasteiger partial charge in [0.25, 0.3) is 0 Å². The van der Waals surface area contributed by atoms with Crippen LogP contribution in [0.4, 0.5) is 4.79 Å². The van der Waals surface area contributed by atoms with Gasteiger partial charge >= 0.3 is 28.5 Å². The third-order valence-corrected chi connectivity index (χ3v) is 11.1. The molecule has 1 aliphatic carbocycles. The normalized spacial score (nSPS) is 20.3. The van der Waals surface area contributed by atoms with E-state index in [1.807, 2.05) is 101 Å². The van der Waals surface area contributed by atoms with Crippen molar-refractivity contribution in [2.24, 2.45) is 23.7 Å². The summed E-state index contributed by atoms with van der Waals surface area (Å²) in [5, 5.41) is 16.4. The molecule has 0 radical (unpaired) electrons. The van der Waals surface area contributed by atoms with Crippen LogP contribution >= 0.6 is 0 Å². The SMILES string of the molecule is CC(C)[C@@H](C(=O)N[C@H]([C-]=O)C(C)C)N(C)C(=O)OCc1ccccc1.CC[C@H](C)[CH-][C@@H](CC(=O)N1CCC[C@H]1[C@H](OC)[C@@H](C)C(=O)N[C@H](C)C[C@]1(O)C=CC=CC1)OC.[Au+3].[CH3-]. The second-order valence-electron chi connectivity index (χ2n) is 16.7. The van der Waals surface area contributed by atoms with Crippen LogP contribution < -0.4 is 10.6 Å². The van der Waals surface area contributed by atoms with Gasteiger partial charge < -0.3 is 47.1 Å². The number of carbonyl (C=O) groups is 4. The number of likely N-dealkylation sites (N-methyl/N-ethyl adjacent to an activating group) is 1. The Bertz CT molecular complexity index is 1530. The molecule has 61 heavy (non-hydrogen) atoms. The summed E-state index contributed by atoms with van der Waals surface area (Å²) in [5.41, 5.74) is -0.0743. The van der Waals surface area contributed by atoms with E-state index in [2.05, 4.69) is 30.9 Å². The number of hydrogen-bond donors (Lipinski definition) is 3. The molecule has 3 rings (SSSR count). The predicted octanol–water partition coefficient (Wildman–Crippen LogP) is 6.40. The second kappa shape index (κ2) is 29.1. The Hall–Kier alpha value is -3.33. The summed E-state index contributed by atoms with van der Waals surface area (Å²) >= 11 is 0. The van der Waals surface area contributed by atoms with E-state index < -0.39 is 41.7 Å². The van der Waals surface area contributed by atoms with Gasteiger partial charge in [-0.05, 0) is 44.1 Å². The average molecular weight is 1040 g/mol. The minimum absolute atomic E-state index is 0. The van der Waals surface area contributed by atoms with Crippen LogP contribution in [0.25, 0.3) is 0 Å². The van der Waals surface area contributed by atoms with E-state index in [9.17, 15) is 29.1 Å². The zero-order valence-corrected chi connectivity index (χ0v) is 40.8. The van der Waals surface area contributed by atoms with Crippen molar-refractivity contribution in [2.75, 3.05) is 27.8 Å². The minimum atomic E-state index is -0.940. The number of carbonyl (C=O) groups excluding carboxylic acids is 5. The molecule has 0 saturated carbocycles.